The summed E-state index contributed by atoms with van der Waals surface area (Å²) in [7, 11) is 0. The Morgan fingerprint density at radius 1 is 1.33 bits per heavy atom. The van der Waals surface area contributed by atoms with Crippen LogP contribution in [0.1, 0.15) is 18.9 Å². The number of carbonyl (C=O) groups is 2. The fourth-order valence-corrected chi connectivity index (χ4v) is 3.21. The number of hydrogen-bond donors (Lipinski definition) is 1. The fourth-order valence-electron chi connectivity index (χ4n) is 3.03. The molecule has 1 N–H and O–H groups in total. The first-order valence-corrected chi connectivity index (χ1v) is 9.10. The maximum absolute atomic E-state index is 13.3. The molecule has 1 atom stereocenters. The van der Waals surface area contributed by atoms with E-state index in [1.807, 2.05) is 31.2 Å². The lowest BCUT2D eigenvalue weighted by atomic mass is 10.1. The van der Waals surface area contributed by atoms with Gasteiger partial charge in [0.1, 0.15) is 11.6 Å². The van der Waals surface area contributed by atoms with Crippen LogP contribution in [0.15, 0.2) is 42.5 Å². The fraction of sp³-hybridized carbons (Fsp3) is 0.300. The lowest BCUT2D eigenvalue weighted by Crippen LogP contribution is -2.32. The highest BCUT2D eigenvalue weighted by atomic mass is 35.5. The minimum Gasteiger partial charge on any atom is -0.494 e. The van der Waals surface area contributed by atoms with Crippen molar-refractivity contribution in [3.63, 3.8) is 0 Å². The van der Waals surface area contributed by atoms with Gasteiger partial charge in [-0.1, -0.05) is 23.7 Å². The molecule has 2 amide bonds. The van der Waals surface area contributed by atoms with Crippen molar-refractivity contribution in [3.05, 3.63) is 58.9 Å². The van der Waals surface area contributed by atoms with E-state index in [1.165, 1.54) is 23.1 Å². The number of rotatable bonds is 6. The molecule has 2 aromatic carbocycles. The number of benzene rings is 2. The van der Waals surface area contributed by atoms with Gasteiger partial charge in [-0.25, -0.2) is 4.39 Å². The zero-order valence-electron chi connectivity index (χ0n) is 14.9. The molecule has 142 valence electrons. The zero-order chi connectivity index (χ0) is 19.4. The number of nitrogens with one attached hydrogen (secondary N) is 1. The van der Waals surface area contributed by atoms with Gasteiger partial charge in [0.05, 0.1) is 17.5 Å². The van der Waals surface area contributed by atoms with Crippen LogP contribution in [0.5, 0.6) is 5.75 Å². The summed E-state index contributed by atoms with van der Waals surface area (Å²) in [6.07, 6.45) is 0.111. The molecule has 1 aliphatic heterocycles. The molecule has 0 radical (unpaired) electrons. The molecule has 0 aliphatic carbocycles. The molecule has 1 aliphatic rings. The van der Waals surface area contributed by atoms with Gasteiger partial charge < -0.3 is 15.0 Å². The highest BCUT2D eigenvalue weighted by Crippen LogP contribution is 2.28. The van der Waals surface area contributed by atoms with Crippen LogP contribution < -0.4 is 15.0 Å². The Hall–Kier alpha value is -2.60. The van der Waals surface area contributed by atoms with Crippen molar-refractivity contribution in [2.24, 2.45) is 5.92 Å². The topological polar surface area (TPSA) is 58.6 Å². The SMILES string of the molecule is CCOc1cccc(CNC(=O)[C@H]2CC(=O)N(c3ccc(F)c(Cl)c3)C2)c1. The minimum absolute atomic E-state index is 0.0534. The molecule has 27 heavy (non-hydrogen) atoms. The van der Waals surface area contributed by atoms with Gasteiger partial charge in [0, 0.05) is 25.2 Å². The molecule has 1 saturated heterocycles. The predicted octanol–water partition coefficient (Wildman–Crippen LogP) is 3.55. The second-order valence-electron chi connectivity index (χ2n) is 6.30. The standard InChI is InChI=1S/C20H20ClFN2O3/c1-2-27-16-5-3-4-13(8-16)11-23-20(26)14-9-19(25)24(12-14)15-6-7-18(22)17(21)10-15/h3-8,10,14H,2,9,11-12H2,1H3,(H,23,26)/t14-/m0/s1. The van der Waals surface area contributed by atoms with Crippen molar-refractivity contribution in [1.29, 1.82) is 0 Å². The van der Waals surface area contributed by atoms with Crippen molar-refractivity contribution in [2.45, 2.75) is 19.9 Å². The van der Waals surface area contributed by atoms with E-state index in [0.717, 1.165) is 11.3 Å². The quantitative estimate of drug-likeness (QED) is 0.820. The minimum atomic E-state index is -0.546. The third-order valence-electron chi connectivity index (χ3n) is 4.39. The van der Waals surface area contributed by atoms with E-state index in [1.54, 1.807) is 0 Å². The number of anilines is 1. The Bertz CT molecular complexity index is 859. The molecule has 2 aromatic rings. The van der Waals surface area contributed by atoms with Crippen molar-refractivity contribution in [3.8, 4) is 5.75 Å². The van der Waals surface area contributed by atoms with Crippen LogP contribution in [0.25, 0.3) is 0 Å². The molecular formula is C20H20ClFN2O3. The van der Waals surface area contributed by atoms with E-state index in [2.05, 4.69) is 5.32 Å². The molecule has 0 spiro atoms. The molecule has 1 fully saturated rings. The van der Waals surface area contributed by atoms with Gasteiger partial charge >= 0.3 is 0 Å². The van der Waals surface area contributed by atoms with Gasteiger partial charge in [0.15, 0.2) is 0 Å². The van der Waals surface area contributed by atoms with Crippen LogP contribution in [-0.4, -0.2) is 25.0 Å². The van der Waals surface area contributed by atoms with Crippen molar-refractivity contribution in [2.75, 3.05) is 18.1 Å². The van der Waals surface area contributed by atoms with Crippen LogP contribution in [0, 0.1) is 11.7 Å². The summed E-state index contributed by atoms with van der Waals surface area (Å²) in [5.41, 5.74) is 1.41. The Balaban J connectivity index is 1.60. The maximum atomic E-state index is 13.3. The second-order valence-corrected chi connectivity index (χ2v) is 6.71. The highest BCUT2D eigenvalue weighted by molar-refractivity contribution is 6.31. The monoisotopic (exact) mass is 390 g/mol. The van der Waals surface area contributed by atoms with Gasteiger partial charge in [0.2, 0.25) is 11.8 Å². The Kier molecular flexibility index (Phi) is 5.96. The van der Waals surface area contributed by atoms with E-state index < -0.39 is 11.7 Å². The number of hydrogen-bond acceptors (Lipinski definition) is 3. The summed E-state index contributed by atoms with van der Waals surface area (Å²) >= 11 is 5.79. The second kappa shape index (κ2) is 8.39. The molecule has 0 aromatic heterocycles. The van der Waals surface area contributed by atoms with E-state index in [0.29, 0.717) is 18.8 Å². The summed E-state index contributed by atoms with van der Waals surface area (Å²) in [4.78, 5) is 26.2. The maximum Gasteiger partial charge on any atom is 0.227 e. The van der Waals surface area contributed by atoms with E-state index in [4.69, 9.17) is 16.3 Å². The summed E-state index contributed by atoms with van der Waals surface area (Å²) in [6, 6.07) is 11.6. The van der Waals surface area contributed by atoms with Crippen molar-refractivity contribution in [1.82, 2.24) is 5.32 Å². The van der Waals surface area contributed by atoms with Gasteiger partial charge in [-0.2, -0.15) is 0 Å². The third kappa shape index (κ3) is 4.57. The summed E-state index contributed by atoms with van der Waals surface area (Å²) in [6.45, 7) is 3.08. The van der Waals surface area contributed by atoms with Crippen molar-refractivity contribution >= 4 is 29.1 Å². The summed E-state index contributed by atoms with van der Waals surface area (Å²) in [5.74, 6) is -0.635. The van der Waals surface area contributed by atoms with Crippen LogP contribution in [0.3, 0.4) is 0 Å². The number of nitrogens with zero attached hydrogens (tertiary/aromatic N) is 1. The smallest absolute Gasteiger partial charge is 0.227 e. The number of amides is 2. The summed E-state index contributed by atoms with van der Waals surface area (Å²) in [5, 5.41) is 2.81. The van der Waals surface area contributed by atoms with Gasteiger partial charge in [0.25, 0.3) is 0 Å². The first kappa shape index (κ1) is 19.2. The van der Waals surface area contributed by atoms with E-state index in [9.17, 15) is 14.0 Å². The first-order valence-electron chi connectivity index (χ1n) is 8.72. The molecular weight excluding hydrogens is 371 g/mol. The van der Waals surface area contributed by atoms with Gasteiger partial charge in [-0.3, -0.25) is 9.59 Å². The molecule has 0 unspecified atom stereocenters. The van der Waals surface area contributed by atoms with E-state index in [-0.39, 0.29) is 29.8 Å². The third-order valence-corrected chi connectivity index (χ3v) is 4.68. The Labute approximate surface area is 162 Å². The summed E-state index contributed by atoms with van der Waals surface area (Å²) < 4.78 is 18.8. The van der Waals surface area contributed by atoms with Gasteiger partial charge in [-0.15, -0.1) is 0 Å². The molecule has 0 saturated carbocycles. The Morgan fingerprint density at radius 2 is 2.15 bits per heavy atom. The Morgan fingerprint density at radius 3 is 2.89 bits per heavy atom. The number of carbonyl (C=O) groups excluding carboxylic acids is 2. The molecule has 1 heterocycles. The molecule has 7 heteroatoms. The normalized spacial score (nSPS) is 16.5. The van der Waals surface area contributed by atoms with E-state index >= 15 is 0 Å². The van der Waals surface area contributed by atoms with Crippen LogP contribution in [-0.2, 0) is 16.1 Å². The van der Waals surface area contributed by atoms with Crippen LogP contribution in [0.2, 0.25) is 5.02 Å². The lowest BCUT2D eigenvalue weighted by molar-refractivity contribution is -0.126. The molecule has 5 nitrogen and oxygen atoms in total. The average Bonchev–Trinajstić information content (AvgIpc) is 3.04. The first-order chi connectivity index (χ1) is 13.0. The predicted molar refractivity (Wildman–Crippen MR) is 101 cm³/mol. The van der Waals surface area contributed by atoms with Crippen LogP contribution >= 0.6 is 11.6 Å². The lowest BCUT2D eigenvalue weighted by Gasteiger charge is -2.17. The van der Waals surface area contributed by atoms with Gasteiger partial charge in [-0.05, 0) is 42.8 Å². The largest absolute Gasteiger partial charge is 0.494 e. The zero-order valence-corrected chi connectivity index (χ0v) is 15.6. The van der Waals surface area contributed by atoms with Crippen LogP contribution in [0.4, 0.5) is 10.1 Å². The number of ether oxygens (including phenoxy) is 1. The molecule has 3 rings (SSSR count). The average molecular weight is 391 g/mol. The molecule has 0 bridgehead atoms. The van der Waals surface area contributed by atoms with Crippen molar-refractivity contribution < 1.29 is 18.7 Å². The number of halogens is 2. The highest BCUT2D eigenvalue weighted by Gasteiger charge is 2.35.